The van der Waals surface area contributed by atoms with Gasteiger partial charge in [0.15, 0.2) is 0 Å². The maximum Gasteiger partial charge on any atom is 0.00419 e. The standard InChI is InChI=1S/C13H25N/c1-4-5-8-12(2)14-11-13(3)9-6-7-10-13/h4,12,14H,1,5-11H2,2-3H3. The van der Waals surface area contributed by atoms with Crippen LogP contribution in [0.15, 0.2) is 12.7 Å². The molecular formula is C13H25N. The highest BCUT2D eigenvalue weighted by Gasteiger charge is 2.28. The molecule has 0 amide bonds. The number of hydrogen-bond acceptors (Lipinski definition) is 1. The third kappa shape index (κ3) is 3.83. The van der Waals surface area contributed by atoms with Crippen LogP contribution in [0.4, 0.5) is 0 Å². The summed E-state index contributed by atoms with van der Waals surface area (Å²) in [4.78, 5) is 0. The second-order valence-electron chi connectivity index (χ2n) is 5.17. The van der Waals surface area contributed by atoms with Gasteiger partial charge < -0.3 is 5.32 Å². The molecule has 1 atom stereocenters. The monoisotopic (exact) mass is 195 g/mol. The van der Waals surface area contributed by atoms with Crippen molar-refractivity contribution in [3.8, 4) is 0 Å². The van der Waals surface area contributed by atoms with Gasteiger partial charge in [0.1, 0.15) is 0 Å². The Balaban J connectivity index is 2.15. The van der Waals surface area contributed by atoms with E-state index in [0.717, 1.165) is 6.42 Å². The zero-order valence-corrected chi connectivity index (χ0v) is 9.81. The number of allylic oxidation sites excluding steroid dienone is 1. The van der Waals surface area contributed by atoms with Gasteiger partial charge in [0.2, 0.25) is 0 Å². The fraction of sp³-hybridized carbons (Fsp3) is 0.846. The number of rotatable bonds is 6. The van der Waals surface area contributed by atoms with Crippen LogP contribution in [-0.2, 0) is 0 Å². The summed E-state index contributed by atoms with van der Waals surface area (Å²) in [5.41, 5.74) is 0.586. The normalized spacial score (nSPS) is 22.1. The SMILES string of the molecule is C=CCCC(C)NCC1(C)CCCC1. The molecule has 82 valence electrons. The Morgan fingerprint density at radius 2 is 2.07 bits per heavy atom. The zero-order chi connectivity index (χ0) is 10.4. The molecule has 1 fully saturated rings. The molecular weight excluding hydrogens is 170 g/mol. The number of nitrogens with one attached hydrogen (secondary N) is 1. The van der Waals surface area contributed by atoms with Crippen LogP contribution in [0.3, 0.4) is 0 Å². The van der Waals surface area contributed by atoms with Crippen molar-refractivity contribution < 1.29 is 0 Å². The van der Waals surface area contributed by atoms with Gasteiger partial charge in [-0.25, -0.2) is 0 Å². The van der Waals surface area contributed by atoms with E-state index in [1.54, 1.807) is 0 Å². The van der Waals surface area contributed by atoms with Gasteiger partial charge in [0.25, 0.3) is 0 Å². The summed E-state index contributed by atoms with van der Waals surface area (Å²) < 4.78 is 0. The summed E-state index contributed by atoms with van der Waals surface area (Å²) in [7, 11) is 0. The van der Waals surface area contributed by atoms with Crippen LogP contribution in [0.1, 0.15) is 52.4 Å². The second-order valence-corrected chi connectivity index (χ2v) is 5.17. The van der Waals surface area contributed by atoms with Gasteiger partial charge in [-0.2, -0.15) is 0 Å². The molecule has 1 heteroatoms. The Morgan fingerprint density at radius 3 is 2.64 bits per heavy atom. The largest absolute Gasteiger partial charge is 0.314 e. The van der Waals surface area contributed by atoms with E-state index in [1.165, 1.54) is 38.6 Å². The minimum absolute atomic E-state index is 0.586. The lowest BCUT2D eigenvalue weighted by Gasteiger charge is -2.26. The molecule has 1 aliphatic carbocycles. The molecule has 1 nitrogen and oxygen atoms in total. The second kappa shape index (κ2) is 5.55. The first kappa shape index (κ1) is 11.8. The van der Waals surface area contributed by atoms with Gasteiger partial charge in [-0.05, 0) is 38.0 Å². The lowest BCUT2D eigenvalue weighted by Crippen LogP contribution is -2.35. The van der Waals surface area contributed by atoms with E-state index in [9.17, 15) is 0 Å². The van der Waals surface area contributed by atoms with Crippen molar-refractivity contribution in [2.24, 2.45) is 5.41 Å². The highest BCUT2D eigenvalue weighted by Crippen LogP contribution is 2.36. The lowest BCUT2D eigenvalue weighted by atomic mass is 9.88. The Kier molecular flexibility index (Phi) is 4.67. The van der Waals surface area contributed by atoms with Crippen molar-refractivity contribution >= 4 is 0 Å². The summed E-state index contributed by atoms with van der Waals surface area (Å²) in [6, 6.07) is 0.644. The predicted molar refractivity (Wildman–Crippen MR) is 63.5 cm³/mol. The van der Waals surface area contributed by atoms with Crippen molar-refractivity contribution in [3.63, 3.8) is 0 Å². The molecule has 1 N–H and O–H groups in total. The van der Waals surface area contributed by atoms with Crippen LogP contribution < -0.4 is 5.32 Å². The summed E-state index contributed by atoms with van der Waals surface area (Å²) in [6.07, 6.45) is 10.0. The minimum Gasteiger partial charge on any atom is -0.314 e. The Morgan fingerprint density at radius 1 is 1.43 bits per heavy atom. The summed E-state index contributed by atoms with van der Waals surface area (Å²) >= 11 is 0. The van der Waals surface area contributed by atoms with E-state index in [1.807, 2.05) is 6.08 Å². The smallest absolute Gasteiger partial charge is 0.00419 e. The van der Waals surface area contributed by atoms with E-state index in [-0.39, 0.29) is 0 Å². The molecule has 0 saturated heterocycles. The van der Waals surface area contributed by atoms with Crippen LogP contribution in [0.5, 0.6) is 0 Å². The number of hydrogen-bond donors (Lipinski definition) is 1. The van der Waals surface area contributed by atoms with E-state index in [0.29, 0.717) is 11.5 Å². The average Bonchev–Trinajstić information content (AvgIpc) is 2.60. The van der Waals surface area contributed by atoms with Crippen molar-refractivity contribution in [2.45, 2.75) is 58.4 Å². The van der Waals surface area contributed by atoms with E-state index < -0.39 is 0 Å². The third-order valence-electron chi connectivity index (χ3n) is 3.49. The zero-order valence-electron chi connectivity index (χ0n) is 9.81. The Labute approximate surface area is 89.0 Å². The molecule has 0 aromatic heterocycles. The first-order chi connectivity index (χ1) is 6.66. The van der Waals surface area contributed by atoms with Crippen LogP contribution in [0.2, 0.25) is 0 Å². The van der Waals surface area contributed by atoms with Gasteiger partial charge in [-0.3, -0.25) is 0 Å². The maximum atomic E-state index is 3.76. The van der Waals surface area contributed by atoms with E-state index in [4.69, 9.17) is 0 Å². The van der Waals surface area contributed by atoms with Gasteiger partial charge in [0, 0.05) is 12.6 Å². The molecule has 0 aromatic carbocycles. The molecule has 14 heavy (non-hydrogen) atoms. The molecule has 0 heterocycles. The van der Waals surface area contributed by atoms with Gasteiger partial charge in [-0.1, -0.05) is 25.8 Å². The van der Waals surface area contributed by atoms with Crippen molar-refractivity contribution in [1.82, 2.24) is 5.32 Å². The molecule has 1 aliphatic rings. The van der Waals surface area contributed by atoms with Crippen LogP contribution in [0.25, 0.3) is 0 Å². The van der Waals surface area contributed by atoms with E-state index in [2.05, 4.69) is 25.7 Å². The lowest BCUT2D eigenvalue weighted by molar-refractivity contribution is 0.297. The van der Waals surface area contributed by atoms with Crippen LogP contribution in [-0.4, -0.2) is 12.6 Å². The fourth-order valence-corrected chi connectivity index (χ4v) is 2.30. The Bertz CT molecular complexity index is 168. The molecule has 0 aromatic rings. The van der Waals surface area contributed by atoms with Gasteiger partial charge >= 0.3 is 0 Å². The first-order valence-corrected chi connectivity index (χ1v) is 6.00. The molecule has 0 spiro atoms. The summed E-state index contributed by atoms with van der Waals surface area (Å²) in [6.45, 7) is 9.66. The quantitative estimate of drug-likeness (QED) is 0.640. The fourth-order valence-electron chi connectivity index (χ4n) is 2.30. The minimum atomic E-state index is 0.586. The maximum absolute atomic E-state index is 3.76. The third-order valence-corrected chi connectivity index (χ3v) is 3.49. The average molecular weight is 195 g/mol. The van der Waals surface area contributed by atoms with Crippen molar-refractivity contribution in [2.75, 3.05) is 6.54 Å². The van der Waals surface area contributed by atoms with Crippen LogP contribution in [0, 0.1) is 5.41 Å². The highest BCUT2D eigenvalue weighted by molar-refractivity contribution is 4.83. The molecule has 0 bridgehead atoms. The van der Waals surface area contributed by atoms with E-state index >= 15 is 0 Å². The first-order valence-electron chi connectivity index (χ1n) is 6.00. The van der Waals surface area contributed by atoms with Crippen LogP contribution >= 0.6 is 0 Å². The van der Waals surface area contributed by atoms with Crippen molar-refractivity contribution in [1.29, 1.82) is 0 Å². The molecule has 0 radical (unpaired) electrons. The summed E-state index contributed by atoms with van der Waals surface area (Å²) in [5.74, 6) is 0. The van der Waals surface area contributed by atoms with Crippen molar-refractivity contribution in [3.05, 3.63) is 12.7 Å². The predicted octanol–water partition coefficient (Wildman–Crippen LogP) is 3.51. The highest BCUT2D eigenvalue weighted by atomic mass is 14.9. The molecule has 0 aliphatic heterocycles. The molecule has 1 rings (SSSR count). The molecule has 1 unspecified atom stereocenters. The topological polar surface area (TPSA) is 12.0 Å². The summed E-state index contributed by atoms with van der Waals surface area (Å²) in [5, 5.41) is 3.65. The Hall–Kier alpha value is -0.300. The molecule has 1 saturated carbocycles. The van der Waals surface area contributed by atoms with Gasteiger partial charge in [0.05, 0.1) is 0 Å². The van der Waals surface area contributed by atoms with Gasteiger partial charge in [-0.15, -0.1) is 6.58 Å².